The van der Waals surface area contributed by atoms with Crippen LogP contribution in [0.1, 0.15) is 18.1 Å². The van der Waals surface area contributed by atoms with Crippen molar-refractivity contribution >= 4 is 54.6 Å². The monoisotopic (exact) mass is 597 g/mol. The number of hydrogen-bond donors (Lipinski definition) is 2. The summed E-state index contributed by atoms with van der Waals surface area (Å²) in [7, 11) is -7.96. The zero-order valence-corrected chi connectivity index (χ0v) is 24.2. The number of sulfonamides is 2. The van der Waals surface area contributed by atoms with Gasteiger partial charge in [-0.15, -0.1) is 0 Å². The minimum Gasteiger partial charge on any atom is -0.325 e. The summed E-state index contributed by atoms with van der Waals surface area (Å²) in [4.78, 5) is 13.1. The second kappa shape index (κ2) is 12.1. The first-order valence-corrected chi connectivity index (χ1v) is 15.6. The lowest BCUT2D eigenvalue weighted by Crippen LogP contribution is -2.38. The van der Waals surface area contributed by atoms with Gasteiger partial charge in [-0.1, -0.05) is 54.4 Å². The predicted molar refractivity (Wildman–Crippen MR) is 159 cm³/mol. The van der Waals surface area contributed by atoms with E-state index in [9.17, 15) is 21.6 Å². The van der Waals surface area contributed by atoms with Crippen LogP contribution >= 0.6 is 11.6 Å². The van der Waals surface area contributed by atoms with Crippen molar-refractivity contribution in [3.63, 3.8) is 0 Å². The van der Waals surface area contributed by atoms with E-state index in [1.807, 2.05) is 26.0 Å². The standard InChI is InChI=1S/C29H28ClN3O5S2/c1-3-22-9-13-26(14-10-22)33(40(37,38)28-15-7-21(2)8-16-28)20-29(34)31-24-11-17-27(18-12-24)39(35,36)32-25-6-4-5-23(30)19-25/h4-19,32H,3,20H2,1-2H3,(H,31,34). The van der Waals surface area contributed by atoms with Crippen molar-refractivity contribution in [2.45, 2.75) is 30.1 Å². The highest BCUT2D eigenvalue weighted by Crippen LogP contribution is 2.25. The summed E-state index contributed by atoms with van der Waals surface area (Å²) >= 11 is 5.93. The van der Waals surface area contributed by atoms with E-state index in [2.05, 4.69) is 10.0 Å². The maximum atomic E-state index is 13.6. The van der Waals surface area contributed by atoms with Crippen molar-refractivity contribution in [1.29, 1.82) is 0 Å². The summed E-state index contributed by atoms with van der Waals surface area (Å²) < 4.78 is 56.2. The summed E-state index contributed by atoms with van der Waals surface area (Å²) in [5, 5.41) is 3.04. The summed E-state index contributed by atoms with van der Waals surface area (Å²) in [6.45, 7) is 3.36. The molecule has 0 atom stereocenters. The fourth-order valence-electron chi connectivity index (χ4n) is 3.86. The molecule has 0 saturated carbocycles. The van der Waals surface area contributed by atoms with Gasteiger partial charge in [-0.25, -0.2) is 16.8 Å². The fraction of sp³-hybridized carbons (Fsp3) is 0.138. The molecule has 0 fully saturated rings. The molecule has 0 heterocycles. The molecule has 4 rings (SSSR count). The van der Waals surface area contributed by atoms with Crippen LogP contribution in [0, 0.1) is 6.92 Å². The molecule has 0 unspecified atom stereocenters. The van der Waals surface area contributed by atoms with Crippen LogP contribution in [0.2, 0.25) is 5.02 Å². The third kappa shape index (κ3) is 7.01. The Hall–Kier alpha value is -3.86. The fourth-order valence-corrected chi connectivity index (χ4v) is 6.53. The SMILES string of the molecule is CCc1ccc(N(CC(=O)Nc2ccc(S(=O)(=O)Nc3cccc(Cl)c3)cc2)S(=O)(=O)c2ccc(C)cc2)cc1. The summed E-state index contributed by atoms with van der Waals surface area (Å²) in [6.07, 6.45) is 0.784. The molecule has 11 heteroatoms. The van der Waals surface area contributed by atoms with Crippen molar-refractivity contribution in [3.8, 4) is 0 Å². The van der Waals surface area contributed by atoms with E-state index in [0.717, 1.165) is 21.9 Å². The van der Waals surface area contributed by atoms with Gasteiger partial charge in [-0.3, -0.25) is 13.8 Å². The van der Waals surface area contributed by atoms with E-state index in [0.29, 0.717) is 22.1 Å². The molecule has 1 amide bonds. The maximum absolute atomic E-state index is 13.6. The summed E-state index contributed by atoms with van der Waals surface area (Å²) in [6, 6.07) is 25.2. The van der Waals surface area contributed by atoms with Crippen LogP contribution in [-0.4, -0.2) is 29.3 Å². The number of nitrogens with one attached hydrogen (secondary N) is 2. The van der Waals surface area contributed by atoms with Gasteiger partial charge in [-0.05, 0) is 85.6 Å². The van der Waals surface area contributed by atoms with Gasteiger partial charge in [0.15, 0.2) is 0 Å². The Labute approximate surface area is 239 Å². The zero-order chi connectivity index (χ0) is 28.9. The van der Waals surface area contributed by atoms with E-state index in [1.165, 1.54) is 42.5 Å². The normalized spacial score (nSPS) is 11.6. The van der Waals surface area contributed by atoms with Gasteiger partial charge in [0.05, 0.1) is 21.2 Å². The first kappa shape index (κ1) is 29.1. The van der Waals surface area contributed by atoms with Crippen molar-refractivity contribution in [2.75, 3.05) is 20.9 Å². The Morgan fingerprint density at radius 1 is 0.800 bits per heavy atom. The molecule has 2 N–H and O–H groups in total. The molecule has 40 heavy (non-hydrogen) atoms. The minimum atomic E-state index is -4.06. The number of benzene rings is 4. The average molecular weight is 598 g/mol. The second-order valence-corrected chi connectivity index (χ2v) is 13.0. The summed E-state index contributed by atoms with van der Waals surface area (Å²) in [5.41, 5.74) is 2.90. The first-order chi connectivity index (χ1) is 19.0. The van der Waals surface area contributed by atoms with Crippen molar-refractivity contribution in [1.82, 2.24) is 0 Å². The molecule has 8 nitrogen and oxygen atoms in total. The van der Waals surface area contributed by atoms with Crippen molar-refractivity contribution < 1.29 is 21.6 Å². The molecule has 0 aliphatic rings. The number of carbonyl (C=O) groups is 1. The maximum Gasteiger partial charge on any atom is 0.264 e. The van der Waals surface area contributed by atoms with Gasteiger partial charge in [-0.2, -0.15) is 0 Å². The van der Waals surface area contributed by atoms with Crippen molar-refractivity contribution in [2.24, 2.45) is 0 Å². The molecular weight excluding hydrogens is 570 g/mol. The van der Waals surface area contributed by atoms with Crippen LogP contribution in [-0.2, 0) is 31.3 Å². The van der Waals surface area contributed by atoms with Gasteiger partial charge < -0.3 is 5.32 Å². The van der Waals surface area contributed by atoms with Crippen LogP contribution in [0.4, 0.5) is 17.1 Å². The van der Waals surface area contributed by atoms with Gasteiger partial charge >= 0.3 is 0 Å². The lowest BCUT2D eigenvalue weighted by Gasteiger charge is -2.24. The number of amides is 1. The van der Waals surface area contributed by atoms with Crippen molar-refractivity contribution in [3.05, 3.63) is 113 Å². The Bertz CT molecular complexity index is 1710. The molecule has 0 aromatic heterocycles. The molecule has 4 aromatic rings. The molecule has 208 valence electrons. The number of nitrogens with zero attached hydrogens (tertiary/aromatic N) is 1. The average Bonchev–Trinajstić information content (AvgIpc) is 2.92. The number of aryl methyl sites for hydroxylation is 2. The molecule has 0 aliphatic heterocycles. The molecule has 4 aromatic carbocycles. The second-order valence-electron chi connectivity index (χ2n) is 9.03. The lowest BCUT2D eigenvalue weighted by molar-refractivity contribution is -0.114. The van der Waals surface area contributed by atoms with Gasteiger partial charge in [0.25, 0.3) is 20.0 Å². The Morgan fingerprint density at radius 3 is 2.02 bits per heavy atom. The van der Waals surface area contributed by atoms with Crippen LogP contribution < -0.4 is 14.3 Å². The third-order valence-corrected chi connectivity index (χ3v) is 9.47. The van der Waals surface area contributed by atoms with E-state index in [4.69, 9.17) is 11.6 Å². The number of carbonyl (C=O) groups excluding carboxylic acids is 1. The molecular formula is C29H28ClN3O5S2. The largest absolute Gasteiger partial charge is 0.325 e. The van der Waals surface area contributed by atoms with Crippen LogP contribution in [0.3, 0.4) is 0 Å². The Balaban J connectivity index is 1.53. The van der Waals surface area contributed by atoms with Gasteiger partial charge in [0.1, 0.15) is 6.54 Å². The smallest absolute Gasteiger partial charge is 0.264 e. The molecule has 0 spiro atoms. The Morgan fingerprint density at radius 2 is 1.43 bits per heavy atom. The topological polar surface area (TPSA) is 113 Å². The highest BCUT2D eigenvalue weighted by molar-refractivity contribution is 7.93. The number of halogens is 1. The van der Waals surface area contributed by atoms with E-state index < -0.39 is 32.5 Å². The Kier molecular flexibility index (Phi) is 8.82. The van der Waals surface area contributed by atoms with Crippen LogP contribution in [0.15, 0.2) is 107 Å². The van der Waals surface area contributed by atoms with E-state index in [1.54, 1.807) is 42.5 Å². The van der Waals surface area contributed by atoms with Gasteiger partial charge in [0, 0.05) is 10.7 Å². The van der Waals surface area contributed by atoms with Crippen LogP contribution in [0.5, 0.6) is 0 Å². The third-order valence-electron chi connectivity index (χ3n) is 6.05. The number of rotatable bonds is 10. The van der Waals surface area contributed by atoms with Gasteiger partial charge in [0.2, 0.25) is 5.91 Å². The highest BCUT2D eigenvalue weighted by Gasteiger charge is 2.27. The quantitative estimate of drug-likeness (QED) is 0.238. The zero-order valence-electron chi connectivity index (χ0n) is 21.8. The number of anilines is 3. The molecule has 0 bridgehead atoms. The highest BCUT2D eigenvalue weighted by atomic mass is 35.5. The molecule has 0 saturated heterocycles. The van der Waals surface area contributed by atoms with E-state index >= 15 is 0 Å². The minimum absolute atomic E-state index is 0.0231. The van der Waals surface area contributed by atoms with E-state index in [-0.39, 0.29) is 9.79 Å². The predicted octanol–water partition coefficient (Wildman–Crippen LogP) is 5.85. The summed E-state index contributed by atoms with van der Waals surface area (Å²) in [5.74, 6) is -0.595. The number of hydrogen-bond acceptors (Lipinski definition) is 5. The first-order valence-electron chi connectivity index (χ1n) is 12.3. The molecule has 0 radical (unpaired) electrons. The molecule has 0 aliphatic carbocycles. The van der Waals surface area contributed by atoms with Crippen LogP contribution in [0.25, 0.3) is 0 Å². The lowest BCUT2D eigenvalue weighted by atomic mass is 10.1.